The van der Waals surface area contributed by atoms with Gasteiger partial charge in [0.25, 0.3) is 0 Å². The zero-order valence-corrected chi connectivity index (χ0v) is 41.2. The van der Waals surface area contributed by atoms with Crippen LogP contribution in [0.4, 0.5) is 4.79 Å². The van der Waals surface area contributed by atoms with Gasteiger partial charge in [-0.25, -0.2) is 9.59 Å². The van der Waals surface area contributed by atoms with Crippen molar-refractivity contribution in [3.63, 3.8) is 0 Å². The van der Waals surface area contributed by atoms with E-state index in [0.717, 1.165) is 32.5 Å². The van der Waals surface area contributed by atoms with Crippen molar-refractivity contribution in [2.75, 3.05) is 27.4 Å². The fourth-order valence-corrected chi connectivity index (χ4v) is 11.5. The highest BCUT2D eigenvalue weighted by atomic mass is 32.2. The molecule has 8 rings (SSSR count). The van der Waals surface area contributed by atoms with Crippen molar-refractivity contribution in [2.45, 2.75) is 131 Å². The summed E-state index contributed by atoms with van der Waals surface area (Å²) in [6, 6.07) is 7.10. The van der Waals surface area contributed by atoms with E-state index in [2.05, 4.69) is 10.6 Å². The van der Waals surface area contributed by atoms with Gasteiger partial charge in [-0.15, -0.1) is 11.8 Å². The minimum Gasteiger partial charge on any atom is -0.507 e. The lowest BCUT2D eigenvalue weighted by Crippen LogP contribution is -2.65. The number of fused-ring (bicyclic) bond motifs is 3. The summed E-state index contributed by atoms with van der Waals surface area (Å²) in [5, 5.41) is 51.4. The first-order valence-corrected chi connectivity index (χ1v) is 23.9. The molecule has 6 N–H and O–H groups in total. The highest BCUT2D eigenvalue weighted by Crippen LogP contribution is 2.56. The molecule has 0 spiro atoms. The van der Waals surface area contributed by atoms with Gasteiger partial charge in [0.15, 0.2) is 24.6 Å². The smallest absolute Gasteiger partial charge is 0.507 e. The molecule has 388 valence electrons. The van der Waals surface area contributed by atoms with Crippen molar-refractivity contribution < 1.29 is 96.6 Å². The van der Waals surface area contributed by atoms with Crippen molar-refractivity contribution in [3.8, 4) is 11.5 Å². The molecule has 3 aliphatic heterocycles. The van der Waals surface area contributed by atoms with E-state index in [1.807, 2.05) is 0 Å². The molecule has 0 aromatic heterocycles. The summed E-state index contributed by atoms with van der Waals surface area (Å²) < 4.78 is 59.1. The Bertz CT molecular complexity index is 2680. The zero-order chi connectivity index (χ0) is 52.1. The van der Waals surface area contributed by atoms with Crippen molar-refractivity contribution in [1.82, 2.24) is 10.6 Å². The van der Waals surface area contributed by atoms with Crippen LogP contribution in [0.3, 0.4) is 0 Å². The van der Waals surface area contributed by atoms with E-state index in [-0.39, 0.29) is 23.1 Å². The van der Waals surface area contributed by atoms with Gasteiger partial charge in [-0.1, -0.05) is 18.2 Å². The molecule has 0 unspecified atom stereocenters. The minimum absolute atomic E-state index is 0.229. The number of aryl methyl sites for hydroxylation is 1. The Hall–Kier alpha value is -6.05. The Morgan fingerprint density at radius 2 is 1.60 bits per heavy atom. The summed E-state index contributed by atoms with van der Waals surface area (Å²) in [5.74, 6) is -4.17. The Morgan fingerprint density at radius 1 is 0.875 bits per heavy atom. The number of aromatic hydroxyl groups is 1. The van der Waals surface area contributed by atoms with Gasteiger partial charge in [0.1, 0.15) is 77.9 Å². The van der Waals surface area contributed by atoms with Crippen LogP contribution in [0.15, 0.2) is 42.5 Å². The third kappa shape index (κ3) is 10.0. The number of nitrogens with one attached hydrogen (secondary N) is 2. The lowest BCUT2D eigenvalue weighted by atomic mass is 9.88. The lowest BCUT2D eigenvalue weighted by molar-refractivity contribution is -0.281. The number of benzene rings is 3. The largest absolute Gasteiger partial charge is 0.508 e. The number of thioether (sulfide) groups is 1. The fourth-order valence-electron chi connectivity index (χ4n) is 9.94. The normalized spacial score (nSPS) is 32.5. The lowest BCUT2D eigenvalue weighted by Gasteiger charge is -2.46. The third-order valence-electron chi connectivity index (χ3n) is 13.3. The number of cyclic esters (lactones) is 2. The van der Waals surface area contributed by atoms with Crippen LogP contribution in [0.1, 0.15) is 84.1 Å². The quantitative estimate of drug-likeness (QED) is 0.0998. The van der Waals surface area contributed by atoms with Crippen LogP contribution in [0.5, 0.6) is 11.5 Å². The number of carbonyl (C=O) groups excluding carboxylic acids is 6. The number of rotatable bonds is 14. The van der Waals surface area contributed by atoms with Gasteiger partial charge in [0.2, 0.25) is 5.91 Å². The molecule has 3 heterocycles. The number of amides is 1. The second kappa shape index (κ2) is 20.8. The van der Waals surface area contributed by atoms with E-state index in [4.69, 9.17) is 47.4 Å². The number of aliphatic hydroxyl groups is 3. The second-order valence-corrected chi connectivity index (χ2v) is 19.3. The molecular formula is C49H56N2O20S. The number of aliphatic hydroxyl groups excluding tert-OH is 2. The average Bonchev–Trinajstić information content (AvgIpc) is 3.98. The van der Waals surface area contributed by atoms with Crippen LogP contribution >= 0.6 is 11.8 Å². The van der Waals surface area contributed by atoms with Crippen LogP contribution in [-0.4, -0.2) is 156 Å². The van der Waals surface area contributed by atoms with Crippen molar-refractivity contribution in [3.05, 3.63) is 75.9 Å². The van der Waals surface area contributed by atoms with Crippen molar-refractivity contribution in [1.29, 1.82) is 0 Å². The number of ether oxygens (including phenoxy) is 10. The van der Waals surface area contributed by atoms with Gasteiger partial charge in [-0.3, -0.25) is 19.2 Å². The molecule has 5 aliphatic rings. The summed E-state index contributed by atoms with van der Waals surface area (Å²) >= 11 is 0.918. The Kier molecular flexibility index (Phi) is 15.1. The highest BCUT2D eigenvalue weighted by Gasteiger charge is 2.57. The van der Waals surface area contributed by atoms with Crippen LogP contribution in [0.2, 0.25) is 0 Å². The van der Waals surface area contributed by atoms with Gasteiger partial charge in [-0.05, 0) is 84.4 Å². The van der Waals surface area contributed by atoms with Crippen molar-refractivity contribution >= 4 is 64.6 Å². The molecule has 0 saturated carbocycles. The van der Waals surface area contributed by atoms with E-state index in [9.17, 15) is 44.4 Å². The Labute approximate surface area is 416 Å². The summed E-state index contributed by atoms with van der Waals surface area (Å²) in [4.78, 5) is 78.2. The van der Waals surface area contributed by atoms with E-state index < -0.39 is 138 Å². The van der Waals surface area contributed by atoms with Crippen molar-refractivity contribution in [2.24, 2.45) is 0 Å². The molecule has 0 radical (unpaired) electrons. The maximum Gasteiger partial charge on any atom is 0.508 e. The number of hydrogen-bond donors (Lipinski definition) is 6. The Balaban J connectivity index is 1.33. The summed E-state index contributed by atoms with van der Waals surface area (Å²) in [5.41, 5.74) is -1.59. The molecule has 23 heteroatoms. The number of methoxy groups -OCH3 is 1. The number of likely N-dealkylation sites (N-methyl/N-ethyl adjacent to an activating group) is 1. The van der Waals surface area contributed by atoms with E-state index in [0.29, 0.717) is 33.4 Å². The van der Waals surface area contributed by atoms with Crippen LogP contribution in [-0.2, 0) is 67.4 Å². The van der Waals surface area contributed by atoms with Gasteiger partial charge in [-0.2, -0.15) is 0 Å². The molecule has 0 bridgehead atoms. The molecule has 72 heavy (non-hydrogen) atoms. The maximum atomic E-state index is 15.1. The number of esters is 4. The molecule has 3 saturated heterocycles. The standard InChI is InChI=1S/C49H56N2O20S/c1-19-13-26(62-8)15-28-27(19)9-10-32(56)35(28)45(59)70-43-40(71-46-36(50-7)39(58)38(57)20(2)65-46)29-14-25-11-12-49(61,34-18-64-48(60)69-34)31(25)16-30(29)44(43)72-47-37(51-21(3)52)42(67-24(6)55)41(66-23(5)54)33(68-47)17-63-22(4)53/h9-16,20,33-34,36-44,46-47,50,56-58,61H,17-18H2,1-8H3,(H,51,52)/t20-,33-,34-,36-,37-,38+,39-,40-,41-,42-,43+,44+,46+,47+,49-/m1/s1. The molecule has 2 aliphatic carbocycles. The molecule has 1 amide bonds. The minimum atomic E-state index is -1.96. The van der Waals surface area contributed by atoms with Crippen LogP contribution < -0.4 is 15.4 Å². The number of hydrogen-bond acceptors (Lipinski definition) is 22. The first kappa shape index (κ1) is 52.3. The molecular weight excluding hydrogens is 969 g/mol. The fraction of sp³-hybridized carbons (Fsp3) is 0.510. The summed E-state index contributed by atoms with van der Waals surface area (Å²) in [7, 11) is 2.96. The SMILES string of the molecule is CN[C@H]1[C@H](O[C@@H]2c3cc4c(cc3[C@H](S[C@@H]3O[C@H](COC(C)=O)[C@@H](OC(C)=O)[C@H](OC(C)=O)[C@H]3NC(C)=O)[C@H]2OC(=O)c2c(O)ccc3c(C)cc(OC)cc23)[C@@](O)([C@H]2COC(=O)O2)C=C4)O[C@H](C)[C@H](O)[C@@H]1O. The monoisotopic (exact) mass is 1020 g/mol. The molecule has 3 fully saturated rings. The van der Waals surface area contributed by atoms with Crippen LogP contribution in [0, 0.1) is 6.92 Å². The van der Waals surface area contributed by atoms with E-state index >= 15 is 4.79 Å². The predicted octanol–water partition coefficient (Wildman–Crippen LogP) is 2.39. The van der Waals surface area contributed by atoms with Gasteiger partial charge in [0.05, 0.1) is 24.5 Å². The average molecular weight is 1030 g/mol. The first-order chi connectivity index (χ1) is 34.1. The number of carbonyl (C=O) groups is 6. The summed E-state index contributed by atoms with van der Waals surface area (Å²) in [6.45, 7) is 7.02. The van der Waals surface area contributed by atoms with Gasteiger partial charge < -0.3 is 78.4 Å². The zero-order valence-electron chi connectivity index (χ0n) is 40.3. The molecule has 3 aromatic rings. The number of phenolic OH excluding ortho intramolecular Hbond substituents is 1. The third-order valence-corrected chi connectivity index (χ3v) is 14.8. The predicted molar refractivity (Wildman–Crippen MR) is 249 cm³/mol. The van der Waals surface area contributed by atoms with E-state index in [1.165, 1.54) is 40.1 Å². The maximum absolute atomic E-state index is 15.1. The highest BCUT2D eigenvalue weighted by molar-refractivity contribution is 8.00. The molecule has 15 atom stereocenters. The second-order valence-electron chi connectivity index (χ2n) is 18.1. The number of phenols is 1. The first-order valence-electron chi connectivity index (χ1n) is 23.0. The molecule has 22 nitrogen and oxygen atoms in total. The topological polar surface area (TPSA) is 300 Å². The Morgan fingerprint density at radius 3 is 2.24 bits per heavy atom. The van der Waals surface area contributed by atoms with Crippen LogP contribution in [0.25, 0.3) is 16.8 Å². The summed E-state index contributed by atoms with van der Waals surface area (Å²) in [6.07, 6.45) is -11.5. The van der Waals surface area contributed by atoms with E-state index in [1.54, 1.807) is 43.3 Å². The molecule has 3 aromatic carbocycles. The van der Waals surface area contributed by atoms with Gasteiger partial charge in [0, 0.05) is 33.1 Å². The van der Waals surface area contributed by atoms with Gasteiger partial charge >= 0.3 is 30.0 Å².